The molecule has 1 heteroatoms. The fourth-order valence-electron chi connectivity index (χ4n) is 3.24. The Morgan fingerprint density at radius 2 is 2.06 bits per heavy atom. The van der Waals surface area contributed by atoms with Crippen LogP contribution in [0.15, 0.2) is 18.2 Å². The maximum Gasteiger partial charge on any atom is 0.150 e. The van der Waals surface area contributed by atoms with Gasteiger partial charge in [0.2, 0.25) is 0 Å². The predicted octanol–water partition coefficient (Wildman–Crippen LogP) is 4.36. The van der Waals surface area contributed by atoms with Crippen molar-refractivity contribution in [2.75, 3.05) is 0 Å². The van der Waals surface area contributed by atoms with E-state index in [1.165, 1.54) is 36.8 Å². The second-order valence-corrected chi connectivity index (χ2v) is 5.26. The molecule has 1 aromatic carbocycles. The highest BCUT2D eigenvalue weighted by Crippen LogP contribution is 2.40. The monoisotopic (exact) mass is 230 g/mol. The molecule has 1 saturated carbocycles. The first-order valence-electron chi connectivity index (χ1n) is 6.84. The Hall–Kier alpha value is -1.11. The zero-order valence-corrected chi connectivity index (χ0v) is 10.9. The summed E-state index contributed by atoms with van der Waals surface area (Å²) in [5.74, 6) is 1.32. The lowest BCUT2D eigenvalue weighted by atomic mass is 9.73. The average molecular weight is 230 g/mol. The van der Waals surface area contributed by atoms with E-state index in [1.807, 2.05) is 12.1 Å². The minimum Gasteiger partial charge on any atom is -0.298 e. The molecule has 0 N–H and O–H groups in total. The van der Waals surface area contributed by atoms with Gasteiger partial charge in [0.1, 0.15) is 6.29 Å². The van der Waals surface area contributed by atoms with Crippen molar-refractivity contribution in [3.63, 3.8) is 0 Å². The van der Waals surface area contributed by atoms with Crippen LogP contribution >= 0.6 is 0 Å². The molecule has 2 unspecified atom stereocenters. The van der Waals surface area contributed by atoms with Crippen LogP contribution in [0.25, 0.3) is 0 Å². The number of carbonyl (C=O) groups is 1. The topological polar surface area (TPSA) is 17.1 Å². The van der Waals surface area contributed by atoms with E-state index < -0.39 is 0 Å². The quantitative estimate of drug-likeness (QED) is 0.705. The molecule has 1 aliphatic carbocycles. The number of carbonyl (C=O) groups excluding carboxylic acids is 1. The summed E-state index contributed by atoms with van der Waals surface area (Å²) in [6.07, 6.45) is 7.28. The molecule has 1 fully saturated rings. The SMILES string of the molecule is CCc1cccc(C=O)c1C1CCCCC1C. The van der Waals surface area contributed by atoms with Crippen molar-refractivity contribution in [2.45, 2.75) is 51.9 Å². The maximum absolute atomic E-state index is 11.2. The number of aryl methyl sites for hydroxylation is 1. The number of hydrogen-bond donors (Lipinski definition) is 0. The fourth-order valence-corrected chi connectivity index (χ4v) is 3.24. The van der Waals surface area contributed by atoms with Crippen LogP contribution < -0.4 is 0 Å². The van der Waals surface area contributed by atoms with Crippen molar-refractivity contribution in [3.8, 4) is 0 Å². The summed E-state index contributed by atoms with van der Waals surface area (Å²) in [6, 6.07) is 6.17. The van der Waals surface area contributed by atoms with Gasteiger partial charge in [-0.3, -0.25) is 4.79 Å². The molecule has 0 heterocycles. The molecule has 0 radical (unpaired) electrons. The van der Waals surface area contributed by atoms with Crippen molar-refractivity contribution in [3.05, 3.63) is 34.9 Å². The van der Waals surface area contributed by atoms with Crippen LogP contribution in [0.5, 0.6) is 0 Å². The highest BCUT2D eigenvalue weighted by atomic mass is 16.1. The maximum atomic E-state index is 11.2. The van der Waals surface area contributed by atoms with Crippen molar-refractivity contribution in [2.24, 2.45) is 5.92 Å². The van der Waals surface area contributed by atoms with Gasteiger partial charge >= 0.3 is 0 Å². The molecule has 17 heavy (non-hydrogen) atoms. The molecule has 1 aromatic rings. The van der Waals surface area contributed by atoms with E-state index in [1.54, 1.807) is 0 Å². The van der Waals surface area contributed by atoms with Gasteiger partial charge in [-0.15, -0.1) is 0 Å². The Kier molecular flexibility index (Phi) is 3.98. The molecular weight excluding hydrogens is 208 g/mol. The first-order valence-corrected chi connectivity index (χ1v) is 6.84. The highest BCUT2D eigenvalue weighted by Gasteiger charge is 2.26. The second-order valence-electron chi connectivity index (χ2n) is 5.26. The third-order valence-electron chi connectivity index (χ3n) is 4.22. The Labute approximate surface area is 104 Å². The van der Waals surface area contributed by atoms with Crippen LogP contribution in [0.1, 0.15) is 66.9 Å². The lowest BCUT2D eigenvalue weighted by Gasteiger charge is -2.31. The van der Waals surface area contributed by atoms with E-state index in [-0.39, 0.29) is 0 Å². The lowest BCUT2D eigenvalue weighted by Crippen LogP contribution is -2.18. The van der Waals surface area contributed by atoms with Crippen LogP contribution in [-0.2, 0) is 6.42 Å². The summed E-state index contributed by atoms with van der Waals surface area (Å²) in [6.45, 7) is 4.52. The summed E-state index contributed by atoms with van der Waals surface area (Å²) in [5, 5.41) is 0. The Morgan fingerprint density at radius 1 is 1.29 bits per heavy atom. The van der Waals surface area contributed by atoms with Gasteiger partial charge in [-0.1, -0.05) is 51.3 Å². The number of hydrogen-bond acceptors (Lipinski definition) is 1. The van der Waals surface area contributed by atoms with E-state index in [0.29, 0.717) is 5.92 Å². The van der Waals surface area contributed by atoms with E-state index in [4.69, 9.17) is 0 Å². The minimum absolute atomic E-state index is 0.597. The first kappa shape index (κ1) is 12.3. The standard InChI is InChI=1S/C16H22O/c1-3-13-8-6-9-14(11-17)16(13)15-10-5-4-7-12(15)2/h6,8-9,11-12,15H,3-5,7,10H2,1-2H3. The summed E-state index contributed by atoms with van der Waals surface area (Å²) in [4.78, 5) is 11.2. The molecule has 0 aromatic heterocycles. The van der Waals surface area contributed by atoms with Crippen molar-refractivity contribution in [1.29, 1.82) is 0 Å². The third-order valence-corrected chi connectivity index (χ3v) is 4.22. The smallest absolute Gasteiger partial charge is 0.150 e. The predicted molar refractivity (Wildman–Crippen MR) is 71.6 cm³/mol. The highest BCUT2D eigenvalue weighted by molar-refractivity contribution is 5.78. The minimum atomic E-state index is 0.597. The summed E-state index contributed by atoms with van der Waals surface area (Å²) < 4.78 is 0. The Morgan fingerprint density at radius 3 is 2.71 bits per heavy atom. The number of rotatable bonds is 3. The molecule has 1 aliphatic rings. The summed E-state index contributed by atoms with van der Waals surface area (Å²) in [5.41, 5.74) is 3.63. The third kappa shape index (κ3) is 2.43. The van der Waals surface area contributed by atoms with E-state index in [0.717, 1.165) is 24.2 Å². The van der Waals surface area contributed by atoms with Gasteiger partial charge in [0.25, 0.3) is 0 Å². The number of benzene rings is 1. The Bertz CT molecular complexity index is 395. The van der Waals surface area contributed by atoms with E-state index in [2.05, 4.69) is 19.9 Å². The van der Waals surface area contributed by atoms with Gasteiger partial charge in [-0.05, 0) is 35.8 Å². The molecule has 0 spiro atoms. The number of aldehydes is 1. The van der Waals surface area contributed by atoms with Gasteiger partial charge in [0, 0.05) is 5.56 Å². The lowest BCUT2D eigenvalue weighted by molar-refractivity contribution is 0.112. The molecule has 2 rings (SSSR count). The first-order chi connectivity index (χ1) is 8.27. The van der Waals surface area contributed by atoms with E-state index >= 15 is 0 Å². The van der Waals surface area contributed by atoms with Crippen molar-refractivity contribution in [1.82, 2.24) is 0 Å². The van der Waals surface area contributed by atoms with Crippen LogP contribution in [0.4, 0.5) is 0 Å². The van der Waals surface area contributed by atoms with Crippen molar-refractivity contribution < 1.29 is 4.79 Å². The molecule has 0 aliphatic heterocycles. The summed E-state index contributed by atoms with van der Waals surface area (Å²) in [7, 11) is 0. The van der Waals surface area contributed by atoms with Crippen LogP contribution in [0.2, 0.25) is 0 Å². The molecule has 0 bridgehead atoms. The molecule has 2 atom stereocenters. The van der Waals surface area contributed by atoms with Gasteiger partial charge in [0.05, 0.1) is 0 Å². The largest absolute Gasteiger partial charge is 0.298 e. The normalized spacial score (nSPS) is 24.6. The van der Waals surface area contributed by atoms with Gasteiger partial charge in [-0.2, -0.15) is 0 Å². The second kappa shape index (κ2) is 5.48. The molecular formula is C16H22O. The van der Waals surface area contributed by atoms with Gasteiger partial charge < -0.3 is 0 Å². The van der Waals surface area contributed by atoms with Crippen LogP contribution in [0, 0.1) is 5.92 Å². The zero-order valence-electron chi connectivity index (χ0n) is 10.9. The molecule has 1 nitrogen and oxygen atoms in total. The van der Waals surface area contributed by atoms with Crippen molar-refractivity contribution >= 4 is 6.29 Å². The Balaban J connectivity index is 2.43. The van der Waals surface area contributed by atoms with E-state index in [9.17, 15) is 4.79 Å². The summed E-state index contributed by atoms with van der Waals surface area (Å²) >= 11 is 0. The molecule has 0 amide bonds. The fraction of sp³-hybridized carbons (Fsp3) is 0.562. The average Bonchev–Trinajstić information content (AvgIpc) is 2.38. The van der Waals surface area contributed by atoms with Gasteiger partial charge in [0.15, 0.2) is 0 Å². The van der Waals surface area contributed by atoms with Gasteiger partial charge in [-0.25, -0.2) is 0 Å². The van der Waals surface area contributed by atoms with Crippen LogP contribution in [-0.4, -0.2) is 6.29 Å². The molecule has 0 saturated heterocycles. The zero-order chi connectivity index (χ0) is 12.3. The molecule has 92 valence electrons. The van der Waals surface area contributed by atoms with Crippen LogP contribution in [0.3, 0.4) is 0 Å².